The minimum Gasteiger partial charge on any atom is -0.491 e. The highest BCUT2D eigenvalue weighted by Crippen LogP contribution is 2.29. The Labute approximate surface area is 129 Å². The van der Waals surface area contributed by atoms with E-state index in [1.165, 1.54) is 12.1 Å². The van der Waals surface area contributed by atoms with Crippen molar-refractivity contribution >= 4 is 0 Å². The summed E-state index contributed by atoms with van der Waals surface area (Å²) in [5, 5.41) is 0. The molecule has 0 aliphatic heterocycles. The van der Waals surface area contributed by atoms with Crippen molar-refractivity contribution in [2.75, 3.05) is 13.2 Å². The molecule has 0 bridgehead atoms. The molecule has 0 fully saturated rings. The van der Waals surface area contributed by atoms with Crippen LogP contribution in [-0.2, 0) is 0 Å². The van der Waals surface area contributed by atoms with Gasteiger partial charge in [0.1, 0.15) is 0 Å². The monoisotopic (exact) mass is 306 g/mol. The number of ether oxygens (including phenoxy) is 2. The van der Waals surface area contributed by atoms with Crippen molar-refractivity contribution in [2.24, 2.45) is 0 Å². The summed E-state index contributed by atoms with van der Waals surface area (Å²) in [7, 11) is 0. The van der Waals surface area contributed by atoms with Crippen molar-refractivity contribution in [3.63, 3.8) is 0 Å². The third kappa shape index (κ3) is 3.97. The zero-order chi connectivity index (χ0) is 15.9. The van der Waals surface area contributed by atoms with Gasteiger partial charge in [0.25, 0.3) is 0 Å². The van der Waals surface area contributed by atoms with Crippen molar-refractivity contribution in [3.05, 3.63) is 48.0 Å². The first kappa shape index (κ1) is 16.3. The van der Waals surface area contributed by atoms with Crippen LogP contribution in [0.2, 0.25) is 0 Å². The van der Waals surface area contributed by atoms with Crippen molar-refractivity contribution < 1.29 is 18.3 Å². The summed E-state index contributed by atoms with van der Waals surface area (Å²) >= 11 is 0. The maximum Gasteiger partial charge on any atom is 0.165 e. The molecule has 0 spiro atoms. The molecule has 0 aliphatic carbocycles. The van der Waals surface area contributed by atoms with E-state index >= 15 is 0 Å². The summed E-state index contributed by atoms with van der Waals surface area (Å²) < 4.78 is 38.5. The molecule has 0 aromatic heterocycles. The fourth-order valence-electron chi connectivity index (χ4n) is 2.02. The van der Waals surface area contributed by atoms with E-state index in [-0.39, 0.29) is 11.5 Å². The lowest BCUT2D eigenvalue weighted by Gasteiger charge is -2.10. The van der Waals surface area contributed by atoms with E-state index in [0.29, 0.717) is 24.3 Å². The fraction of sp³-hybridized carbons (Fsp3) is 0.333. The quantitative estimate of drug-likeness (QED) is 0.699. The van der Waals surface area contributed by atoms with Crippen molar-refractivity contribution in [2.45, 2.75) is 26.7 Å². The van der Waals surface area contributed by atoms with Gasteiger partial charge >= 0.3 is 0 Å². The molecule has 118 valence electrons. The van der Waals surface area contributed by atoms with E-state index in [1.54, 1.807) is 24.3 Å². The van der Waals surface area contributed by atoms with Gasteiger partial charge in [-0.3, -0.25) is 0 Å². The Kier molecular flexibility index (Phi) is 5.75. The normalized spacial score (nSPS) is 10.5. The van der Waals surface area contributed by atoms with E-state index in [2.05, 4.69) is 0 Å². The van der Waals surface area contributed by atoms with Gasteiger partial charge in [-0.1, -0.05) is 26.0 Å². The summed E-state index contributed by atoms with van der Waals surface area (Å²) in [6.07, 6.45) is 1.62. The standard InChI is InChI=1S/C18H20F2O2/c1-3-9-21-17-7-5-13(11-15(17)19)14-6-8-18(16(20)12-14)22-10-4-2/h5-8,11-12H,3-4,9-10H2,1-2H3. The predicted octanol–water partition coefficient (Wildman–Crippen LogP) is 5.21. The number of benzene rings is 2. The Hall–Kier alpha value is -2.10. The number of halogens is 2. The van der Waals surface area contributed by atoms with E-state index in [4.69, 9.17) is 9.47 Å². The second-order valence-electron chi connectivity index (χ2n) is 4.99. The van der Waals surface area contributed by atoms with Crippen LogP contribution in [0.25, 0.3) is 11.1 Å². The molecule has 0 saturated carbocycles. The van der Waals surface area contributed by atoms with Crippen LogP contribution in [0.3, 0.4) is 0 Å². The fourth-order valence-corrected chi connectivity index (χ4v) is 2.02. The maximum atomic E-state index is 14.0. The molecule has 2 rings (SSSR count). The average Bonchev–Trinajstić information content (AvgIpc) is 2.52. The van der Waals surface area contributed by atoms with Crippen LogP contribution >= 0.6 is 0 Å². The van der Waals surface area contributed by atoms with E-state index in [0.717, 1.165) is 12.8 Å². The van der Waals surface area contributed by atoms with Crippen molar-refractivity contribution in [3.8, 4) is 22.6 Å². The van der Waals surface area contributed by atoms with E-state index < -0.39 is 11.6 Å². The molecular formula is C18H20F2O2. The lowest BCUT2D eigenvalue weighted by atomic mass is 10.0. The molecule has 0 N–H and O–H groups in total. The lowest BCUT2D eigenvalue weighted by Crippen LogP contribution is -1.98. The molecule has 0 saturated heterocycles. The molecular weight excluding hydrogens is 286 g/mol. The largest absolute Gasteiger partial charge is 0.491 e. The van der Waals surface area contributed by atoms with Gasteiger partial charge in [-0.15, -0.1) is 0 Å². The summed E-state index contributed by atoms with van der Waals surface area (Å²) in [6.45, 7) is 4.84. The van der Waals surface area contributed by atoms with Crippen LogP contribution in [0, 0.1) is 11.6 Å². The van der Waals surface area contributed by atoms with E-state index in [1.807, 2.05) is 13.8 Å². The molecule has 2 nitrogen and oxygen atoms in total. The molecule has 0 unspecified atom stereocenters. The molecule has 2 aromatic carbocycles. The first-order chi connectivity index (χ1) is 10.7. The first-order valence-corrected chi connectivity index (χ1v) is 7.50. The van der Waals surface area contributed by atoms with Gasteiger partial charge in [0.05, 0.1) is 13.2 Å². The molecule has 22 heavy (non-hydrogen) atoms. The summed E-state index contributed by atoms with van der Waals surface area (Å²) in [4.78, 5) is 0. The van der Waals surface area contributed by atoms with Crippen LogP contribution in [0.1, 0.15) is 26.7 Å². The zero-order valence-corrected chi connectivity index (χ0v) is 12.9. The minimum atomic E-state index is -0.447. The molecule has 4 heteroatoms. The Bertz CT molecular complexity index is 571. The van der Waals surface area contributed by atoms with Crippen molar-refractivity contribution in [1.82, 2.24) is 0 Å². The molecule has 0 radical (unpaired) electrons. The highest BCUT2D eigenvalue weighted by molar-refractivity contribution is 5.65. The average molecular weight is 306 g/mol. The highest BCUT2D eigenvalue weighted by Gasteiger charge is 2.09. The highest BCUT2D eigenvalue weighted by atomic mass is 19.1. The number of rotatable bonds is 7. The molecule has 2 aromatic rings. The van der Waals surface area contributed by atoms with Crippen LogP contribution in [0.15, 0.2) is 36.4 Å². The maximum absolute atomic E-state index is 14.0. The van der Waals surface area contributed by atoms with Gasteiger partial charge in [-0.05, 0) is 48.2 Å². The summed E-state index contributed by atoms with van der Waals surface area (Å²) in [5.74, 6) is -0.460. The molecule has 0 atom stereocenters. The topological polar surface area (TPSA) is 18.5 Å². The third-order valence-electron chi connectivity index (χ3n) is 3.12. The Morgan fingerprint density at radius 2 is 1.14 bits per heavy atom. The first-order valence-electron chi connectivity index (χ1n) is 7.50. The smallest absolute Gasteiger partial charge is 0.165 e. The van der Waals surface area contributed by atoms with Gasteiger partial charge in [0.15, 0.2) is 23.1 Å². The SMILES string of the molecule is CCCOc1ccc(-c2ccc(OCCC)c(F)c2)cc1F. The van der Waals surface area contributed by atoms with Crippen LogP contribution in [0.4, 0.5) is 8.78 Å². The Balaban J connectivity index is 2.21. The Morgan fingerprint density at radius 3 is 1.45 bits per heavy atom. The van der Waals surface area contributed by atoms with Gasteiger partial charge in [-0.25, -0.2) is 8.78 Å². The lowest BCUT2D eigenvalue weighted by molar-refractivity contribution is 0.301. The predicted molar refractivity (Wildman–Crippen MR) is 83.4 cm³/mol. The van der Waals surface area contributed by atoms with Crippen molar-refractivity contribution in [1.29, 1.82) is 0 Å². The second-order valence-corrected chi connectivity index (χ2v) is 4.99. The molecule has 0 aliphatic rings. The van der Waals surface area contributed by atoms with Gasteiger partial charge in [0, 0.05) is 0 Å². The third-order valence-corrected chi connectivity index (χ3v) is 3.12. The van der Waals surface area contributed by atoms with Gasteiger partial charge in [0.2, 0.25) is 0 Å². The zero-order valence-electron chi connectivity index (χ0n) is 12.9. The number of hydrogen-bond acceptors (Lipinski definition) is 2. The van der Waals surface area contributed by atoms with Gasteiger partial charge < -0.3 is 9.47 Å². The van der Waals surface area contributed by atoms with Crippen LogP contribution in [-0.4, -0.2) is 13.2 Å². The Morgan fingerprint density at radius 1 is 0.727 bits per heavy atom. The van der Waals surface area contributed by atoms with Crippen LogP contribution < -0.4 is 9.47 Å². The number of hydrogen-bond donors (Lipinski definition) is 0. The van der Waals surface area contributed by atoms with Crippen LogP contribution in [0.5, 0.6) is 11.5 Å². The molecule has 0 heterocycles. The van der Waals surface area contributed by atoms with Gasteiger partial charge in [-0.2, -0.15) is 0 Å². The minimum absolute atomic E-state index is 0.217. The molecule has 0 amide bonds. The summed E-state index contributed by atoms with van der Waals surface area (Å²) in [6, 6.07) is 9.28. The van der Waals surface area contributed by atoms with E-state index in [9.17, 15) is 8.78 Å². The second kappa shape index (κ2) is 7.78. The summed E-state index contributed by atoms with van der Waals surface area (Å²) in [5.41, 5.74) is 1.20.